The summed E-state index contributed by atoms with van der Waals surface area (Å²) in [5.41, 5.74) is 0. The van der Waals surface area contributed by atoms with Crippen molar-refractivity contribution < 1.29 is 9.53 Å². The highest BCUT2D eigenvalue weighted by atomic mass is 79.9. The molecule has 0 bridgehead atoms. The van der Waals surface area contributed by atoms with Crippen LogP contribution in [0.4, 0.5) is 0 Å². The third-order valence-electron chi connectivity index (χ3n) is 3.98. The number of carbonyl (C=O) groups excluding carboxylic acids is 1. The number of hydrogen-bond donors (Lipinski definition) is 0. The van der Waals surface area contributed by atoms with Crippen LogP contribution in [0, 0.1) is 0 Å². The summed E-state index contributed by atoms with van der Waals surface area (Å²) in [6.45, 7) is 3.36. The number of likely N-dealkylation sites (tertiary alicyclic amines) is 1. The molecule has 1 fully saturated rings. The fourth-order valence-electron chi connectivity index (χ4n) is 2.65. The first-order chi connectivity index (χ1) is 10.4. The minimum atomic E-state index is -0.515. The first kappa shape index (κ1) is 17.6. The number of piperidine rings is 1. The maximum Gasteiger partial charge on any atom is 0.263 e. The van der Waals surface area contributed by atoms with Crippen LogP contribution in [0.25, 0.3) is 0 Å². The van der Waals surface area contributed by atoms with Crippen LogP contribution >= 0.6 is 27.5 Å². The SMILES string of the molecule is CC(Oc1ccc(Cl)cc1Br)C(=O)N1CCCC(N(C)C)C1. The Hall–Kier alpha value is -0.780. The minimum absolute atomic E-state index is 0.0356. The first-order valence-corrected chi connectivity index (χ1v) is 8.62. The molecule has 0 spiro atoms. The second kappa shape index (κ2) is 7.66. The monoisotopic (exact) mass is 388 g/mol. The highest BCUT2D eigenvalue weighted by molar-refractivity contribution is 9.10. The van der Waals surface area contributed by atoms with E-state index in [0.717, 1.165) is 30.4 Å². The number of amides is 1. The molecule has 6 heteroatoms. The zero-order chi connectivity index (χ0) is 16.3. The lowest BCUT2D eigenvalue weighted by Crippen LogP contribution is -2.50. The van der Waals surface area contributed by atoms with Gasteiger partial charge < -0.3 is 14.5 Å². The molecule has 1 aromatic rings. The van der Waals surface area contributed by atoms with Gasteiger partial charge in [0.2, 0.25) is 0 Å². The number of benzene rings is 1. The lowest BCUT2D eigenvalue weighted by atomic mass is 10.0. The largest absolute Gasteiger partial charge is 0.480 e. The Morgan fingerprint density at radius 3 is 2.86 bits per heavy atom. The maximum atomic E-state index is 12.6. The summed E-state index contributed by atoms with van der Waals surface area (Å²) in [6, 6.07) is 5.71. The predicted octanol–water partition coefficient (Wildman–Crippen LogP) is 3.42. The predicted molar refractivity (Wildman–Crippen MR) is 92.5 cm³/mol. The Labute approximate surface area is 145 Å². The maximum absolute atomic E-state index is 12.6. The van der Waals surface area contributed by atoms with Gasteiger partial charge in [-0.15, -0.1) is 0 Å². The van der Waals surface area contributed by atoms with Crippen molar-refractivity contribution in [1.29, 1.82) is 0 Å². The smallest absolute Gasteiger partial charge is 0.263 e. The summed E-state index contributed by atoms with van der Waals surface area (Å²) in [5.74, 6) is 0.666. The number of nitrogens with zero attached hydrogens (tertiary/aromatic N) is 2. The van der Waals surface area contributed by atoms with Gasteiger partial charge in [0.05, 0.1) is 4.47 Å². The van der Waals surface area contributed by atoms with E-state index in [1.54, 1.807) is 25.1 Å². The summed E-state index contributed by atoms with van der Waals surface area (Å²) in [4.78, 5) is 16.7. The molecule has 1 aliphatic heterocycles. The van der Waals surface area contributed by atoms with Crippen LogP contribution in [0.3, 0.4) is 0 Å². The van der Waals surface area contributed by atoms with Crippen LogP contribution in [0.2, 0.25) is 5.02 Å². The standard InChI is InChI=1S/C16H22BrClN2O2/c1-11(22-15-7-6-12(18)9-14(15)17)16(21)20-8-4-5-13(10-20)19(2)3/h6-7,9,11,13H,4-5,8,10H2,1-3H3. The zero-order valence-electron chi connectivity index (χ0n) is 13.2. The molecular weight excluding hydrogens is 368 g/mol. The van der Waals surface area contributed by atoms with Gasteiger partial charge in [-0.25, -0.2) is 0 Å². The summed E-state index contributed by atoms with van der Waals surface area (Å²) in [5, 5.41) is 0.628. The third-order valence-corrected chi connectivity index (χ3v) is 4.84. The number of hydrogen-bond acceptors (Lipinski definition) is 3. The second-order valence-corrected chi connectivity index (χ2v) is 7.17. The van der Waals surface area contributed by atoms with Crippen molar-refractivity contribution in [3.8, 4) is 5.75 Å². The molecule has 2 unspecified atom stereocenters. The summed E-state index contributed by atoms with van der Waals surface area (Å²) in [7, 11) is 4.12. The van der Waals surface area contributed by atoms with Crippen molar-refractivity contribution >= 4 is 33.4 Å². The van der Waals surface area contributed by atoms with Crippen LogP contribution in [0.15, 0.2) is 22.7 Å². The molecule has 1 aromatic carbocycles. The van der Waals surface area contributed by atoms with Gasteiger partial charge in [-0.05, 0) is 68.0 Å². The molecule has 0 N–H and O–H groups in total. The second-order valence-electron chi connectivity index (χ2n) is 5.88. The molecule has 1 amide bonds. The topological polar surface area (TPSA) is 32.8 Å². The van der Waals surface area contributed by atoms with Crippen molar-refractivity contribution in [3.63, 3.8) is 0 Å². The molecule has 122 valence electrons. The number of carbonyl (C=O) groups is 1. The number of rotatable bonds is 4. The average molecular weight is 390 g/mol. The molecular formula is C16H22BrClN2O2. The molecule has 0 aromatic heterocycles. The number of halogens is 2. The Bertz CT molecular complexity index is 539. The van der Waals surface area contributed by atoms with E-state index in [1.165, 1.54) is 0 Å². The first-order valence-electron chi connectivity index (χ1n) is 7.45. The Morgan fingerprint density at radius 1 is 1.50 bits per heavy atom. The van der Waals surface area contributed by atoms with Crippen molar-refractivity contribution in [1.82, 2.24) is 9.80 Å². The molecule has 2 rings (SSSR count). The van der Waals surface area contributed by atoms with Crippen LogP contribution in [-0.2, 0) is 4.79 Å². The molecule has 1 aliphatic rings. The van der Waals surface area contributed by atoms with E-state index in [4.69, 9.17) is 16.3 Å². The van der Waals surface area contributed by atoms with Gasteiger partial charge in [-0.1, -0.05) is 11.6 Å². The minimum Gasteiger partial charge on any atom is -0.480 e. The molecule has 22 heavy (non-hydrogen) atoms. The van der Waals surface area contributed by atoms with Crippen molar-refractivity contribution in [3.05, 3.63) is 27.7 Å². The van der Waals surface area contributed by atoms with E-state index in [9.17, 15) is 4.79 Å². The molecule has 4 nitrogen and oxygen atoms in total. The van der Waals surface area contributed by atoms with Crippen LogP contribution in [0.1, 0.15) is 19.8 Å². The summed E-state index contributed by atoms with van der Waals surface area (Å²) >= 11 is 9.33. The van der Waals surface area contributed by atoms with Crippen molar-refractivity contribution in [2.45, 2.75) is 31.9 Å². The fourth-order valence-corrected chi connectivity index (χ4v) is 3.42. The molecule has 1 saturated heterocycles. The summed E-state index contributed by atoms with van der Waals surface area (Å²) in [6.07, 6.45) is 1.65. The lowest BCUT2D eigenvalue weighted by Gasteiger charge is -2.37. The molecule has 2 atom stereocenters. The number of ether oxygens (including phenoxy) is 1. The van der Waals surface area contributed by atoms with E-state index in [0.29, 0.717) is 16.8 Å². The normalized spacial score (nSPS) is 20.1. The quantitative estimate of drug-likeness (QED) is 0.791. The highest BCUT2D eigenvalue weighted by Crippen LogP contribution is 2.29. The zero-order valence-corrected chi connectivity index (χ0v) is 15.5. The van der Waals surface area contributed by atoms with E-state index < -0.39 is 6.10 Å². The fraction of sp³-hybridized carbons (Fsp3) is 0.562. The average Bonchev–Trinajstić information content (AvgIpc) is 2.49. The van der Waals surface area contributed by atoms with Gasteiger partial charge in [-0.3, -0.25) is 4.79 Å². The Balaban J connectivity index is 1.99. The van der Waals surface area contributed by atoms with Crippen LogP contribution in [-0.4, -0.2) is 55.0 Å². The Morgan fingerprint density at radius 2 is 2.23 bits per heavy atom. The Kier molecular flexibility index (Phi) is 6.12. The van der Waals surface area contributed by atoms with Crippen molar-refractivity contribution in [2.24, 2.45) is 0 Å². The summed E-state index contributed by atoms with van der Waals surface area (Å²) < 4.78 is 6.55. The van der Waals surface area contributed by atoms with Gasteiger partial charge >= 0.3 is 0 Å². The molecule has 1 heterocycles. The van der Waals surface area contributed by atoms with Gasteiger partial charge in [0.1, 0.15) is 5.75 Å². The van der Waals surface area contributed by atoms with Gasteiger partial charge in [-0.2, -0.15) is 0 Å². The van der Waals surface area contributed by atoms with Crippen LogP contribution in [0.5, 0.6) is 5.75 Å². The van der Waals surface area contributed by atoms with Gasteiger partial charge in [0.15, 0.2) is 6.10 Å². The molecule has 0 radical (unpaired) electrons. The van der Waals surface area contributed by atoms with Crippen molar-refractivity contribution in [2.75, 3.05) is 27.2 Å². The van der Waals surface area contributed by atoms with Gasteiger partial charge in [0, 0.05) is 24.2 Å². The third kappa shape index (κ3) is 4.37. The van der Waals surface area contributed by atoms with E-state index >= 15 is 0 Å². The van der Waals surface area contributed by atoms with E-state index in [-0.39, 0.29) is 5.91 Å². The molecule has 0 aliphatic carbocycles. The van der Waals surface area contributed by atoms with Crippen LogP contribution < -0.4 is 4.74 Å². The van der Waals surface area contributed by atoms with E-state index in [1.807, 2.05) is 4.90 Å². The van der Waals surface area contributed by atoms with E-state index in [2.05, 4.69) is 34.9 Å². The lowest BCUT2D eigenvalue weighted by molar-refractivity contribution is -0.139. The highest BCUT2D eigenvalue weighted by Gasteiger charge is 2.28. The number of likely N-dealkylation sites (N-methyl/N-ethyl adjacent to an activating group) is 1. The molecule has 0 saturated carbocycles. The van der Waals surface area contributed by atoms with Gasteiger partial charge in [0.25, 0.3) is 5.91 Å².